The van der Waals surface area contributed by atoms with Gasteiger partial charge in [0.2, 0.25) is 0 Å². The number of hydrogen-bond acceptors (Lipinski definition) is 4. The lowest BCUT2D eigenvalue weighted by Gasteiger charge is -2.46. The number of aromatic nitrogens is 1. The molecule has 0 bridgehead atoms. The number of fused-ring (bicyclic) bond motifs is 2. The van der Waals surface area contributed by atoms with Crippen LogP contribution in [0.15, 0.2) is 22.1 Å². The van der Waals surface area contributed by atoms with Crippen molar-refractivity contribution in [3.8, 4) is 0 Å². The van der Waals surface area contributed by atoms with Crippen LogP contribution in [0.4, 0.5) is 0 Å². The summed E-state index contributed by atoms with van der Waals surface area (Å²) in [5.41, 5.74) is 0.510. The third-order valence-corrected chi connectivity index (χ3v) is 6.56. The predicted octanol–water partition coefficient (Wildman–Crippen LogP) is 2.93. The highest BCUT2D eigenvalue weighted by molar-refractivity contribution is 9.10. The van der Waals surface area contributed by atoms with Gasteiger partial charge in [0.05, 0.1) is 4.70 Å². The van der Waals surface area contributed by atoms with Crippen molar-refractivity contribution in [2.24, 2.45) is 5.92 Å². The number of piperidine rings is 1. The van der Waals surface area contributed by atoms with Crippen LogP contribution in [-0.4, -0.2) is 29.5 Å². The molecule has 1 saturated carbocycles. The zero-order chi connectivity index (χ0) is 14.4. The highest BCUT2D eigenvalue weighted by atomic mass is 79.9. The molecule has 4 nitrogen and oxygen atoms in total. The van der Waals surface area contributed by atoms with Crippen LogP contribution in [0.1, 0.15) is 29.8 Å². The van der Waals surface area contributed by atoms with Crippen LogP contribution in [0, 0.1) is 5.92 Å². The molecule has 1 aliphatic heterocycles. The fourth-order valence-corrected chi connectivity index (χ4v) is 4.85. The van der Waals surface area contributed by atoms with Gasteiger partial charge in [-0.05, 0) is 53.7 Å². The Balaban J connectivity index is 1.54. The van der Waals surface area contributed by atoms with Gasteiger partial charge in [0.1, 0.15) is 5.69 Å². The van der Waals surface area contributed by atoms with E-state index >= 15 is 0 Å². The lowest BCUT2D eigenvalue weighted by Crippen LogP contribution is -2.59. The third kappa shape index (κ3) is 2.39. The lowest BCUT2D eigenvalue weighted by molar-refractivity contribution is 0.0794. The first-order valence-corrected chi connectivity index (χ1v) is 8.96. The summed E-state index contributed by atoms with van der Waals surface area (Å²) in [7, 11) is 0. The van der Waals surface area contributed by atoms with Gasteiger partial charge in [-0.25, -0.2) is 4.98 Å². The van der Waals surface area contributed by atoms with Gasteiger partial charge in [0, 0.05) is 33.5 Å². The van der Waals surface area contributed by atoms with Crippen molar-refractivity contribution < 1.29 is 4.79 Å². The van der Waals surface area contributed by atoms with Gasteiger partial charge in [-0.15, -0.1) is 11.3 Å². The summed E-state index contributed by atoms with van der Waals surface area (Å²) < 4.78 is 2.12. The summed E-state index contributed by atoms with van der Waals surface area (Å²) in [4.78, 5) is 16.8. The Morgan fingerprint density at radius 2 is 2.33 bits per heavy atom. The number of pyridine rings is 1. The van der Waals surface area contributed by atoms with Gasteiger partial charge in [-0.2, -0.15) is 0 Å². The van der Waals surface area contributed by atoms with Gasteiger partial charge in [0.15, 0.2) is 0 Å². The molecule has 0 aromatic carbocycles. The van der Waals surface area contributed by atoms with Gasteiger partial charge in [-0.1, -0.05) is 0 Å². The van der Waals surface area contributed by atoms with Crippen LogP contribution in [0.2, 0.25) is 0 Å². The Kier molecular flexibility index (Phi) is 3.47. The molecule has 0 radical (unpaired) electrons. The molecule has 2 aromatic heterocycles. The number of thiophene rings is 1. The van der Waals surface area contributed by atoms with E-state index in [4.69, 9.17) is 0 Å². The number of halogens is 1. The van der Waals surface area contributed by atoms with E-state index in [0.717, 1.165) is 27.5 Å². The van der Waals surface area contributed by atoms with E-state index in [1.165, 1.54) is 12.8 Å². The quantitative estimate of drug-likeness (QED) is 0.859. The van der Waals surface area contributed by atoms with Crippen LogP contribution in [0.3, 0.4) is 0 Å². The number of amides is 1. The molecule has 0 spiro atoms. The normalized spacial score (nSPS) is 28.0. The van der Waals surface area contributed by atoms with Crippen molar-refractivity contribution in [3.05, 3.63) is 27.8 Å². The van der Waals surface area contributed by atoms with E-state index in [-0.39, 0.29) is 5.91 Å². The molecule has 2 unspecified atom stereocenters. The molecule has 1 aliphatic carbocycles. The lowest BCUT2D eigenvalue weighted by atomic mass is 9.71. The Labute approximate surface area is 135 Å². The zero-order valence-electron chi connectivity index (χ0n) is 11.4. The molecule has 3 heterocycles. The number of rotatable bonds is 2. The Morgan fingerprint density at radius 3 is 3.14 bits per heavy atom. The highest BCUT2D eigenvalue weighted by Crippen LogP contribution is 2.34. The van der Waals surface area contributed by atoms with Gasteiger partial charge >= 0.3 is 0 Å². The summed E-state index contributed by atoms with van der Waals surface area (Å²) in [6.07, 6.45) is 5.25. The minimum Gasteiger partial charge on any atom is -0.348 e. The van der Waals surface area contributed by atoms with E-state index < -0.39 is 0 Å². The fraction of sp³-hybridized carbons (Fsp3) is 0.467. The fourth-order valence-electron chi connectivity index (χ4n) is 3.35. The van der Waals surface area contributed by atoms with Crippen molar-refractivity contribution >= 4 is 43.3 Å². The summed E-state index contributed by atoms with van der Waals surface area (Å²) >= 11 is 5.15. The molecular weight excluding hydrogens is 350 g/mol. The van der Waals surface area contributed by atoms with Crippen molar-refractivity contribution in [2.75, 3.05) is 6.54 Å². The van der Waals surface area contributed by atoms with Gasteiger partial charge in [0.25, 0.3) is 5.91 Å². The Morgan fingerprint density at radius 1 is 1.43 bits per heavy atom. The molecular formula is C15H16BrN3OS. The Hall–Kier alpha value is -0.980. The molecule has 1 amide bonds. The summed E-state index contributed by atoms with van der Waals surface area (Å²) in [5, 5.41) is 9.80. The smallest absolute Gasteiger partial charge is 0.270 e. The SMILES string of the molecule is O=C(N[C@@H]1CCNC2CCC21)c1cc2c(Br)csc2cn1. The van der Waals surface area contributed by atoms with Crippen molar-refractivity contribution in [3.63, 3.8) is 0 Å². The first kappa shape index (κ1) is 13.7. The predicted molar refractivity (Wildman–Crippen MR) is 87.7 cm³/mol. The molecule has 2 aliphatic rings. The van der Waals surface area contributed by atoms with Crippen LogP contribution in [-0.2, 0) is 0 Å². The maximum Gasteiger partial charge on any atom is 0.270 e. The van der Waals surface area contributed by atoms with Crippen LogP contribution in [0.5, 0.6) is 0 Å². The largest absolute Gasteiger partial charge is 0.348 e. The van der Waals surface area contributed by atoms with E-state index in [9.17, 15) is 4.79 Å². The topological polar surface area (TPSA) is 54.0 Å². The molecule has 3 atom stereocenters. The monoisotopic (exact) mass is 365 g/mol. The minimum atomic E-state index is -0.0486. The van der Waals surface area contributed by atoms with Gasteiger partial charge in [-0.3, -0.25) is 4.79 Å². The van der Waals surface area contributed by atoms with Gasteiger partial charge < -0.3 is 10.6 Å². The first-order valence-electron chi connectivity index (χ1n) is 7.29. The molecule has 21 heavy (non-hydrogen) atoms. The highest BCUT2D eigenvalue weighted by Gasteiger charge is 2.40. The molecule has 1 saturated heterocycles. The van der Waals surface area contributed by atoms with E-state index in [0.29, 0.717) is 23.7 Å². The average molecular weight is 366 g/mol. The number of nitrogens with zero attached hydrogens (tertiary/aromatic N) is 1. The summed E-state index contributed by atoms with van der Waals surface area (Å²) in [6.45, 7) is 0.995. The molecule has 4 rings (SSSR count). The Bertz CT molecular complexity index is 701. The number of carbonyl (C=O) groups is 1. The minimum absolute atomic E-state index is 0.0486. The van der Waals surface area contributed by atoms with Crippen LogP contribution < -0.4 is 10.6 Å². The van der Waals surface area contributed by atoms with Crippen molar-refractivity contribution in [2.45, 2.75) is 31.3 Å². The second-order valence-corrected chi connectivity index (χ2v) is 7.59. The molecule has 2 N–H and O–H groups in total. The molecule has 2 fully saturated rings. The zero-order valence-corrected chi connectivity index (χ0v) is 13.8. The average Bonchev–Trinajstić information content (AvgIpc) is 2.82. The maximum absolute atomic E-state index is 12.5. The second-order valence-electron chi connectivity index (χ2n) is 5.82. The van der Waals surface area contributed by atoms with E-state index in [1.54, 1.807) is 17.5 Å². The van der Waals surface area contributed by atoms with Crippen LogP contribution in [0.25, 0.3) is 10.1 Å². The summed E-state index contributed by atoms with van der Waals surface area (Å²) in [6, 6.07) is 2.77. The standard InChI is InChI=1S/C15H16BrN3OS/c16-10-7-21-14-6-18-13(5-9(10)14)15(20)19-12-3-4-17-11-2-1-8(11)12/h5-8,11-12,17H,1-4H2,(H,19,20)/t8?,11?,12-/m1/s1. The number of carbonyl (C=O) groups excluding carboxylic acids is 1. The van der Waals surface area contributed by atoms with Crippen molar-refractivity contribution in [1.29, 1.82) is 0 Å². The van der Waals surface area contributed by atoms with Crippen molar-refractivity contribution in [1.82, 2.24) is 15.6 Å². The molecule has 6 heteroatoms. The second kappa shape index (κ2) is 5.34. The molecule has 2 aromatic rings. The summed E-state index contributed by atoms with van der Waals surface area (Å²) in [5.74, 6) is 0.548. The maximum atomic E-state index is 12.5. The molecule has 110 valence electrons. The third-order valence-electron chi connectivity index (χ3n) is 4.67. The van der Waals surface area contributed by atoms with Crippen LogP contribution >= 0.6 is 27.3 Å². The van der Waals surface area contributed by atoms with E-state index in [2.05, 4.69) is 31.5 Å². The number of nitrogens with one attached hydrogen (secondary N) is 2. The first-order chi connectivity index (χ1) is 10.2. The number of hydrogen-bond donors (Lipinski definition) is 2. The van der Waals surface area contributed by atoms with E-state index in [1.807, 2.05) is 11.4 Å².